The molecule has 0 atom stereocenters. The Balaban J connectivity index is 3.68. The molecule has 0 saturated heterocycles. The van der Waals surface area contributed by atoms with Gasteiger partial charge in [-0.05, 0) is 31.6 Å². The van der Waals surface area contributed by atoms with E-state index in [0.29, 0.717) is 5.95 Å². The Bertz CT molecular complexity index is 329. The Hall–Kier alpha value is -0.920. The average molecular weight is 381 g/mol. The predicted molar refractivity (Wildman–Crippen MR) is 120 cm³/mol. The smallest absolute Gasteiger partial charge is 0.279 e. The fourth-order valence-electron chi connectivity index (χ4n) is 3.03. The lowest BCUT2D eigenvalue weighted by Gasteiger charge is -2.12. The fourth-order valence-corrected chi connectivity index (χ4v) is 3.03. The molecule has 0 aliphatic rings. The molecule has 2 nitrogen and oxygen atoms in total. The molecule has 0 rings (SSSR count). The van der Waals surface area contributed by atoms with Crippen LogP contribution < -0.4 is 0 Å². The lowest BCUT2D eigenvalue weighted by Crippen LogP contribution is -2.02. The van der Waals surface area contributed by atoms with Crippen molar-refractivity contribution in [2.75, 3.05) is 13.2 Å². The quantitative estimate of drug-likeness (QED) is 0.127. The zero-order valence-electron chi connectivity index (χ0n) is 19.1. The van der Waals surface area contributed by atoms with Crippen LogP contribution in [0.1, 0.15) is 112 Å². The van der Waals surface area contributed by atoms with E-state index in [1.54, 1.807) is 0 Å². The molecule has 0 N–H and O–H groups in total. The van der Waals surface area contributed by atoms with E-state index >= 15 is 0 Å². The Morgan fingerprint density at radius 3 is 1.44 bits per heavy atom. The van der Waals surface area contributed by atoms with Crippen molar-refractivity contribution in [2.45, 2.75) is 112 Å². The molecule has 2 heteroatoms. The van der Waals surface area contributed by atoms with Gasteiger partial charge in [-0.3, -0.25) is 0 Å². The largest absolute Gasteiger partial charge is 0.465 e. The fraction of sp³-hybridized carbons (Fsp3) is 0.840. The molecule has 160 valence electrons. The highest BCUT2D eigenvalue weighted by Crippen LogP contribution is 2.13. The van der Waals surface area contributed by atoms with Gasteiger partial charge in [0.05, 0.1) is 13.2 Å². The van der Waals surface area contributed by atoms with E-state index < -0.39 is 0 Å². The highest BCUT2D eigenvalue weighted by atomic mass is 16.7. The van der Waals surface area contributed by atoms with Gasteiger partial charge in [-0.25, -0.2) is 0 Å². The average Bonchev–Trinajstić information content (AvgIpc) is 2.62. The number of unbranched alkanes of at least 4 members (excludes halogenated alkanes) is 8. The maximum atomic E-state index is 5.85. The predicted octanol–water partition coefficient (Wildman–Crippen LogP) is 8.43. The van der Waals surface area contributed by atoms with Gasteiger partial charge >= 0.3 is 0 Å². The number of rotatable bonds is 19. The van der Waals surface area contributed by atoms with Crippen LogP contribution in [0, 0.1) is 11.8 Å². The van der Waals surface area contributed by atoms with Crippen LogP contribution in [0.15, 0.2) is 24.2 Å². The zero-order chi connectivity index (χ0) is 20.2. The van der Waals surface area contributed by atoms with Gasteiger partial charge < -0.3 is 9.47 Å². The second-order valence-electron chi connectivity index (χ2n) is 8.61. The van der Waals surface area contributed by atoms with Crippen LogP contribution in [-0.2, 0) is 9.47 Å². The molecule has 0 radical (unpaired) electrons. The monoisotopic (exact) mass is 380 g/mol. The number of allylic oxidation sites excluding steroid dienone is 3. The summed E-state index contributed by atoms with van der Waals surface area (Å²) < 4.78 is 11.7. The highest BCUT2D eigenvalue weighted by molar-refractivity contribution is 5.02. The minimum absolute atomic E-state index is 0.688. The molecule has 0 aliphatic carbocycles. The van der Waals surface area contributed by atoms with Gasteiger partial charge in [0.25, 0.3) is 5.95 Å². The third-order valence-corrected chi connectivity index (χ3v) is 4.77. The first-order chi connectivity index (χ1) is 13.1. The van der Waals surface area contributed by atoms with E-state index in [4.69, 9.17) is 9.47 Å². The standard InChI is InChI=1S/C25H48O2/c1-6-7-20-25(26-21-16-12-8-10-14-18-23(2)3)27-22-17-13-9-11-15-19-24(4)5/h6-7,20,23-24H,8-19,21-22H2,1-5H3. The van der Waals surface area contributed by atoms with E-state index in [2.05, 4.69) is 27.7 Å². The summed E-state index contributed by atoms with van der Waals surface area (Å²) in [4.78, 5) is 0. The summed E-state index contributed by atoms with van der Waals surface area (Å²) in [6.07, 6.45) is 21.5. The summed E-state index contributed by atoms with van der Waals surface area (Å²) in [5.74, 6) is 2.36. The zero-order valence-corrected chi connectivity index (χ0v) is 19.1. The minimum Gasteiger partial charge on any atom is -0.465 e. The molecule has 0 saturated carbocycles. The number of hydrogen-bond acceptors (Lipinski definition) is 2. The Kier molecular flexibility index (Phi) is 19.2. The summed E-state index contributed by atoms with van der Waals surface area (Å²) in [5.41, 5.74) is 0. The van der Waals surface area contributed by atoms with Gasteiger partial charge in [-0.1, -0.05) is 104 Å². The maximum Gasteiger partial charge on any atom is 0.279 e. The van der Waals surface area contributed by atoms with Gasteiger partial charge in [0.15, 0.2) is 0 Å². The van der Waals surface area contributed by atoms with E-state index in [1.165, 1.54) is 64.2 Å². The van der Waals surface area contributed by atoms with Crippen LogP contribution in [-0.4, -0.2) is 13.2 Å². The van der Waals surface area contributed by atoms with Crippen LogP contribution in [0.3, 0.4) is 0 Å². The van der Waals surface area contributed by atoms with Crippen LogP contribution in [0.5, 0.6) is 0 Å². The molecule has 0 unspecified atom stereocenters. The molecule has 0 aromatic rings. The van der Waals surface area contributed by atoms with Crippen molar-refractivity contribution in [1.82, 2.24) is 0 Å². The van der Waals surface area contributed by atoms with Crippen molar-refractivity contribution in [3.05, 3.63) is 24.2 Å². The molecule has 0 amide bonds. The molecule has 0 bridgehead atoms. The molecule has 0 heterocycles. The number of ether oxygens (including phenoxy) is 2. The molecular formula is C25H48O2. The van der Waals surface area contributed by atoms with Gasteiger partial charge in [-0.2, -0.15) is 0 Å². The third kappa shape index (κ3) is 21.2. The summed E-state index contributed by atoms with van der Waals surface area (Å²) in [6, 6.07) is 0. The first-order valence-corrected chi connectivity index (χ1v) is 11.6. The Labute approximate surface area is 170 Å². The second kappa shape index (κ2) is 19.8. The Morgan fingerprint density at radius 2 is 1.04 bits per heavy atom. The topological polar surface area (TPSA) is 18.5 Å². The van der Waals surface area contributed by atoms with Crippen molar-refractivity contribution in [3.8, 4) is 0 Å². The van der Waals surface area contributed by atoms with E-state index in [-0.39, 0.29) is 0 Å². The van der Waals surface area contributed by atoms with Crippen molar-refractivity contribution in [2.24, 2.45) is 11.8 Å². The first kappa shape index (κ1) is 26.1. The first-order valence-electron chi connectivity index (χ1n) is 11.6. The van der Waals surface area contributed by atoms with Crippen LogP contribution in [0.25, 0.3) is 0 Å². The maximum absolute atomic E-state index is 5.85. The van der Waals surface area contributed by atoms with Crippen molar-refractivity contribution >= 4 is 0 Å². The van der Waals surface area contributed by atoms with Gasteiger partial charge in [-0.15, -0.1) is 0 Å². The van der Waals surface area contributed by atoms with Crippen LogP contribution >= 0.6 is 0 Å². The number of hydrogen-bond donors (Lipinski definition) is 0. The van der Waals surface area contributed by atoms with Crippen LogP contribution in [0.4, 0.5) is 0 Å². The van der Waals surface area contributed by atoms with E-state index in [9.17, 15) is 0 Å². The Morgan fingerprint density at radius 1 is 0.630 bits per heavy atom. The summed E-state index contributed by atoms with van der Waals surface area (Å²) in [6.45, 7) is 12.8. The second-order valence-corrected chi connectivity index (χ2v) is 8.61. The SMILES string of the molecule is CC=CC=C(OCCCCCCCC(C)C)OCCCCCCCC(C)C. The lowest BCUT2D eigenvalue weighted by molar-refractivity contribution is 0.0323. The third-order valence-electron chi connectivity index (χ3n) is 4.77. The van der Waals surface area contributed by atoms with Gasteiger partial charge in [0.2, 0.25) is 0 Å². The molecular weight excluding hydrogens is 332 g/mol. The van der Waals surface area contributed by atoms with E-state index in [1.807, 2.05) is 25.2 Å². The van der Waals surface area contributed by atoms with Crippen molar-refractivity contribution in [1.29, 1.82) is 0 Å². The summed E-state index contributed by atoms with van der Waals surface area (Å²) in [5, 5.41) is 0. The lowest BCUT2D eigenvalue weighted by atomic mass is 10.0. The molecule has 27 heavy (non-hydrogen) atoms. The molecule has 0 aromatic carbocycles. The van der Waals surface area contributed by atoms with Gasteiger partial charge in [0.1, 0.15) is 0 Å². The molecule has 0 aliphatic heterocycles. The molecule has 0 spiro atoms. The highest BCUT2D eigenvalue weighted by Gasteiger charge is 2.00. The van der Waals surface area contributed by atoms with Crippen molar-refractivity contribution in [3.63, 3.8) is 0 Å². The summed E-state index contributed by atoms with van der Waals surface area (Å²) >= 11 is 0. The molecule has 0 fully saturated rings. The van der Waals surface area contributed by atoms with E-state index in [0.717, 1.165) is 37.9 Å². The minimum atomic E-state index is 0.688. The van der Waals surface area contributed by atoms with Crippen molar-refractivity contribution < 1.29 is 9.47 Å². The molecule has 0 aromatic heterocycles. The normalized spacial score (nSPS) is 11.5. The van der Waals surface area contributed by atoms with Gasteiger partial charge in [0, 0.05) is 6.08 Å². The van der Waals surface area contributed by atoms with Crippen LogP contribution in [0.2, 0.25) is 0 Å². The summed E-state index contributed by atoms with van der Waals surface area (Å²) in [7, 11) is 0.